The quantitative estimate of drug-likeness (QED) is 0.716. The van der Waals surface area contributed by atoms with Gasteiger partial charge in [-0.25, -0.2) is 0 Å². The van der Waals surface area contributed by atoms with Crippen LogP contribution in [0.15, 0.2) is 41.8 Å². The van der Waals surface area contributed by atoms with Gasteiger partial charge in [-0.1, -0.05) is 35.9 Å². The first-order chi connectivity index (χ1) is 10.6. The van der Waals surface area contributed by atoms with Gasteiger partial charge in [-0.2, -0.15) is 0 Å². The number of thiophene rings is 1. The van der Waals surface area contributed by atoms with Crippen LogP contribution in [0.3, 0.4) is 0 Å². The average Bonchev–Trinajstić information content (AvgIpc) is 3.01. The minimum Gasteiger partial charge on any atom is -0.328 e. The second-order valence-corrected chi connectivity index (χ2v) is 6.05. The van der Waals surface area contributed by atoms with E-state index in [2.05, 4.69) is 48.1 Å². The Hall–Kier alpha value is -2.18. The van der Waals surface area contributed by atoms with E-state index in [0.29, 0.717) is 0 Å². The molecule has 6 heteroatoms. The van der Waals surface area contributed by atoms with Crippen LogP contribution < -0.4 is 16.2 Å². The van der Waals surface area contributed by atoms with Crippen molar-refractivity contribution in [3.8, 4) is 0 Å². The molecule has 1 heterocycles. The van der Waals surface area contributed by atoms with E-state index in [0.717, 1.165) is 5.56 Å². The lowest BCUT2D eigenvalue weighted by molar-refractivity contribution is -0.676. The molecule has 2 rings (SSSR count). The Morgan fingerprint density at radius 2 is 1.91 bits per heavy atom. The maximum Gasteiger partial charge on any atom is 0.293 e. The van der Waals surface area contributed by atoms with Crippen LogP contribution >= 0.6 is 11.3 Å². The van der Waals surface area contributed by atoms with E-state index >= 15 is 0 Å². The number of hydrazine groups is 1. The van der Waals surface area contributed by atoms with Gasteiger partial charge in [-0.3, -0.25) is 20.4 Å². The van der Waals surface area contributed by atoms with Crippen LogP contribution in [0.1, 0.15) is 29.0 Å². The van der Waals surface area contributed by atoms with Crippen LogP contribution in [0.2, 0.25) is 0 Å². The number of hydrogen-bond donors (Lipinski definition) is 3. The first-order valence-electron chi connectivity index (χ1n) is 7.05. The van der Waals surface area contributed by atoms with Gasteiger partial charge in [0.25, 0.3) is 5.91 Å². The molecule has 0 aliphatic carbocycles. The van der Waals surface area contributed by atoms with E-state index < -0.39 is 0 Å². The fourth-order valence-corrected chi connectivity index (χ4v) is 2.94. The van der Waals surface area contributed by atoms with Crippen molar-refractivity contribution in [3.05, 3.63) is 57.8 Å². The fraction of sp³-hybridized carbons (Fsp3) is 0.250. The number of quaternary nitrogens is 1. The van der Waals surface area contributed by atoms with Crippen molar-refractivity contribution < 1.29 is 14.9 Å². The third-order valence-electron chi connectivity index (χ3n) is 3.20. The highest BCUT2D eigenvalue weighted by Gasteiger charge is 2.19. The monoisotopic (exact) mass is 318 g/mol. The van der Waals surface area contributed by atoms with Crippen molar-refractivity contribution in [1.29, 1.82) is 0 Å². The van der Waals surface area contributed by atoms with Crippen molar-refractivity contribution in [2.75, 3.05) is 6.54 Å². The van der Waals surface area contributed by atoms with Crippen LogP contribution in [0.25, 0.3) is 0 Å². The van der Waals surface area contributed by atoms with Gasteiger partial charge in [0.2, 0.25) is 5.91 Å². The van der Waals surface area contributed by atoms with E-state index in [9.17, 15) is 9.59 Å². The molecule has 0 aliphatic rings. The third-order valence-corrected chi connectivity index (χ3v) is 4.16. The molecule has 5 nitrogen and oxygen atoms in total. The summed E-state index contributed by atoms with van der Waals surface area (Å²) >= 11 is 1.67. The zero-order valence-corrected chi connectivity index (χ0v) is 13.4. The van der Waals surface area contributed by atoms with Gasteiger partial charge >= 0.3 is 0 Å². The molecule has 0 saturated carbocycles. The molecule has 22 heavy (non-hydrogen) atoms. The summed E-state index contributed by atoms with van der Waals surface area (Å²) in [5.41, 5.74) is 7.03. The maximum atomic E-state index is 11.8. The molecule has 116 valence electrons. The second kappa shape index (κ2) is 7.72. The first kappa shape index (κ1) is 16.2. The SMILES string of the molecule is CC(=O)NNC(=O)C[NH2+][C@@H](c1ccc(C)cc1)c1cccs1. The number of nitrogens with two attached hydrogens (primary N) is 1. The number of nitrogens with one attached hydrogen (secondary N) is 2. The lowest BCUT2D eigenvalue weighted by atomic mass is 10.0. The van der Waals surface area contributed by atoms with E-state index in [4.69, 9.17) is 0 Å². The molecule has 2 amide bonds. The molecule has 0 radical (unpaired) electrons. The Morgan fingerprint density at radius 3 is 2.50 bits per heavy atom. The number of benzene rings is 1. The van der Waals surface area contributed by atoms with Gasteiger partial charge in [-0.15, -0.1) is 11.3 Å². The Labute approximate surface area is 133 Å². The second-order valence-electron chi connectivity index (χ2n) is 5.07. The van der Waals surface area contributed by atoms with Crippen molar-refractivity contribution in [2.45, 2.75) is 19.9 Å². The molecule has 0 spiro atoms. The van der Waals surface area contributed by atoms with Crippen LogP contribution in [0.5, 0.6) is 0 Å². The largest absolute Gasteiger partial charge is 0.328 e. The summed E-state index contributed by atoms with van der Waals surface area (Å²) in [7, 11) is 0. The maximum absolute atomic E-state index is 11.8. The van der Waals surface area contributed by atoms with Gasteiger partial charge in [-0.05, 0) is 18.4 Å². The van der Waals surface area contributed by atoms with E-state index in [1.165, 1.54) is 17.4 Å². The Bertz CT molecular complexity index is 623. The summed E-state index contributed by atoms with van der Waals surface area (Å²) in [5.74, 6) is -0.523. The van der Waals surface area contributed by atoms with Gasteiger partial charge < -0.3 is 5.32 Å². The number of aryl methyl sites for hydroxylation is 1. The summed E-state index contributed by atoms with van der Waals surface area (Å²) in [5, 5.41) is 4.00. The number of hydrogen-bond acceptors (Lipinski definition) is 3. The van der Waals surface area contributed by atoms with Crippen molar-refractivity contribution >= 4 is 23.2 Å². The number of carbonyl (C=O) groups is 2. The van der Waals surface area contributed by atoms with Crippen molar-refractivity contribution in [2.24, 2.45) is 0 Å². The molecule has 1 aromatic carbocycles. The number of amides is 2. The minimum atomic E-state index is -0.290. The van der Waals surface area contributed by atoms with E-state index in [-0.39, 0.29) is 24.4 Å². The molecule has 0 fully saturated rings. The number of rotatable bonds is 5. The van der Waals surface area contributed by atoms with E-state index in [1.807, 2.05) is 16.8 Å². The Morgan fingerprint density at radius 1 is 1.18 bits per heavy atom. The van der Waals surface area contributed by atoms with Crippen molar-refractivity contribution in [3.63, 3.8) is 0 Å². The lowest BCUT2D eigenvalue weighted by Gasteiger charge is -2.15. The zero-order valence-electron chi connectivity index (χ0n) is 12.6. The molecular weight excluding hydrogens is 298 g/mol. The molecule has 0 aliphatic heterocycles. The fourth-order valence-electron chi connectivity index (χ4n) is 2.09. The van der Waals surface area contributed by atoms with Gasteiger partial charge in [0.1, 0.15) is 6.04 Å². The van der Waals surface area contributed by atoms with Gasteiger partial charge in [0, 0.05) is 12.5 Å². The highest BCUT2D eigenvalue weighted by atomic mass is 32.1. The smallest absolute Gasteiger partial charge is 0.293 e. The average molecular weight is 318 g/mol. The predicted molar refractivity (Wildman–Crippen MR) is 86.1 cm³/mol. The van der Waals surface area contributed by atoms with Crippen LogP contribution in [0.4, 0.5) is 0 Å². The summed E-state index contributed by atoms with van der Waals surface area (Å²) in [4.78, 5) is 23.7. The van der Waals surface area contributed by atoms with Crippen LogP contribution in [-0.4, -0.2) is 18.4 Å². The third kappa shape index (κ3) is 4.68. The summed E-state index contributed by atoms with van der Waals surface area (Å²) in [6, 6.07) is 12.5. The molecule has 0 saturated heterocycles. The summed E-state index contributed by atoms with van der Waals surface area (Å²) in [6.07, 6.45) is 0. The predicted octanol–water partition coefficient (Wildman–Crippen LogP) is 0.877. The summed E-state index contributed by atoms with van der Waals surface area (Å²) in [6.45, 7) is 3.63. The molecule has 1 atom stereocenters. The van der Waals surface area contributed by atoms with Gasteiger partial charge in [0.05, 0.1) is 4.88 Å². The summed E-state index contributed by atoms with van der Waals surface area (Å²) < 4.78 is 0. The standard InChI is InChI=1S/C16H19N3O2S/c1-11-5-7-13(8-6-11)16(14-4-3-9-22-14)17-10-15(21)19-18-12(2)20/h3-9,16-17H,10H2,1-2H3,(H,18,20)(H,19,21)/p+1/t16-/m0/s1. The Balaban J connectivity index is 2.05. The zero-order chi connectivity index (χ0) is 15.9. The highest BCUT2D eigenvalue weighted by Crippen LogP contribution is 2.22. The minimum absolute atomic E-state index is 0.0729. The molecule has 1 aromatic heterocycles. The van der Waals surface area contributed by atoms with Gasteiger partial charge in [0.15, 0.2) is 6.54 Å². The molecular formula is C16H20N3O2S+. The molecule has 0 bridgehead atoms. The van der Waals surface area contributed by atoms with Crippen LogP contribution in [0, 0.1) is 6.92 Å². The molecule has 2 aromatic rings. The van der Waals surface area contributed by atoms with Crippen molar-refractivity contribution in [1.82, 2.24) is 10.9 Å². The molecule has 0 unspecified atom stereocenters. The number of carbonyl (C=O) groups excluding carboxylic acids is 2. The lowest BCUT2D eigenvalue weighted by Crippen LogP contribution is -2.88. The van der Waals surface area contributed by atoms with Crippen LogP contribution in [-0.2, 0) is 9.59 Å². The van der Waals surface area contributed by atoms with E-state index in [1.54, 1.807) is 11.3 Å². The Kier molecular flexibility index (Phi) is 5.68. The normalized spacial score (nSPS) is 11.7. The first-order valence-corrected chi connectivity index (χ1v) is 7.93. The topological polar surface area (TPSA) is 74.8 Å². The molecule has 4 N–H and O–H groups in total. The highest BCUT2D eigenvalue weighted by molar-refractivity contribution is 7.10.